The van der Waals surface area contributed by atoms with E-state index in [2.05, 4.69) is 5.16 Å². The first-order valence-corrected chi connectivity index (χ1v) is 7.08. The van der Waals surface area contributed by atoms with E-state index in [-0.39, 0.29) is 17.8 Å². The quantitative estimate of drug-likeness (QED) is 0.374. The highest BCUT2D eigenvalue weighted by atomic mass is 16.5. The van der Waals surface area contributed by atoms with E-state index in [1.165, 1.54) is 0 Å². The van der Waals surface area contributed by atoms with Crippen LogP contribution in [0.3, 0.4) is 0 Å². The van der Waals surface area contributed by atoms with Gasteiger partial charge in [-0.3, -0.25) is 4.79 Å². The maximum absolute atomic E-state index is 12.2. The third-order valence-electron chi connectivity index (χ3n) is 3.74. The largest absolute Gasteiger partial charge is 0.409 e. The van der Waals surface area contributed by atoms with Gasteiger partial charge in [0.1, 0.15) is 0 Å². The number of hydrogen-bond acceptors (Lipinski definition) is 4. The summed E-state index contributed by atoms with van der Waals surface area (Å²) in [7, 11) is 1.75. The molecule has 1 aromatic carbocycles. The Hall–Kier alpha value is -2.08. The first-order chi connectivity index (χ1) is 10.1. The van der Waals surface area contributed by atoms with Crippen LogP contribution in [0.15, 0.2) is 29.4 Å². The molecule has 0 bridgehead atoms. The van der Waals surface area contributed by atoms with Crippen molar-refractivity contribution in [2.75, 3.05) is 18.6 Å². The lowest BCUT2D eigenvalue weighted by molar-refractivity contribution is -0.118. The van der Waals surface area contributed by atoms with Crippen molar-refractivity contribution in [3.8, 4) is 0 Å². The summed E-state index contributed by atoms with van der Waals surface area (Å²) in [4.78, 5) is 13.8. The summed E-state index contributed by atoms with van der Waals surface area (Å²) in [6, 6.07) is 6.98. The van der Waals surface area contributed by atoms with Gasteiger partial charge in [0, 0.05) is 31.3 Å². The van der Waals surface area contributed by atoms with Gasteiger partial charge >= 0.3 is 0 Å². The monoisotopic (exact) mass is 291 g/mol. The van der Waals surface area contributed by atoms with Crippen molar-refractivity contribution in [3.05, 3.63) is 29.8 Å². The number of carbonyl (C=O) groups excluding carboxylic acids is 1. The predicted octanol–water partition coefficient (Wildman–Crippen LogP) is 1.70. The van der Waals surface area contributed by atoms with E-state index in [0.717, 1.165) is 31.6 Å². The van der Waals surface area contributed by atoms with Crippen LogP contribution < -0.4 is 10.6 Å². The second-order valence-corrected chi connectivity index (χ2v) is 5.16. The average molecular weight is 291 g/mol. The molecule has 1 fully saturated rings. The Bertz CT molecular complexity index is 507. The first-order valence-electron chi connectivity index (χ1n) is 7.08. The number of ether oxygens (including phenoxy) is 1. The van der Waals surface area contributed by atoms with Gasteiger partial charge in [-0.05, 0) is 43.5 Å². The fourth-order valence-electron chi connectivity index (χ4n) is 2.38. The summed E-state index contributed by atoms with van der Waals surface area (Å²) >= 11 is 0. The Morgan fingerprint density at radius 3 is 2.76 bits per heavy atom. The van der Waals surface area contributed by atoms with Crippen LogP contribution in [-0.4, -0.2) is 36.7 Å². The minimum absolute atomic E-state index is 0.0499. The summed E-state index contributed by atoms with van der Waals surface area (Å²) in [5, 5.41) is 11.6. The van der Waals surface area contributed by atoms with Crippen LogP contribution in [0.25, 0.3) is 0 Å². The van der Waals surface area contributed by atoms with Crippen molar-refractivity contribution in [3.63, 3.8) is 0 Å². The summed E-state index contributed by atoms with van der Waals surface area (Å²) in [5.74, 6) is 0.107. The summed E-state index contributed by atoms with van der Waals surface area (Å²) in [6.45, 7) is 0.810. The van der Waals surface area contributed by atoms with Crippen LogP contribution in [0, 0.1) is 0 Å². The third kappa shape index (κ3) is 3.95. The van der Waals surface area contributed by atoms with Crippen molar-refractivity contribution in [2.45, 2.75) is 31.8 Å². The molecule has 0 spiro atoms. The number of carbonyl (C=O) groups is 1. The molecule has 1 unspecified atom stereocenters. The lowest BCUT2D eigenvalue weighted by Gasteiger charge is -2.18. The van der Waals surface area contributed by atoms with Gasteiger partial charge in [-0.25, -0.2) is 0 Å². The number of rotatable bonds is 5. The molecule has 1 amide bonds. The zero-order chi connectivity index (χ0) is 15.2. The van der Waals surface area contributed by atoms with Gasteiger partial charge in [0.15, 0.2) is 5.84 Å². The molecule has 0 saturated carbocycles. The first kappa shape index (κ1) is 15.3. The summed E-state index contributed by atoms with van der Waals surface area (Å²) < 4.78 is 5.52. The van der Waals surface area contributed by atoms with Gasteiger partial charge in [-0.15, -0.1) is 0 Å². The number of amides is 1. The van der Waals surface area contributed by atoms with Crippen LogP contribution in [0.2, 0.25) is 0 Å². The van der Waals surface area contributed by atoms with E-state index in [9.17, 15) is 4.79 Å². The number of oxime groups is 1. The molecular formula is C15H21N3O3. The highest BCUT2D eigenvalue weighted by molar-refractivity contribution is 5.98. The van der Waals surface area contributed by atoms with Crippen LogP contribution >= 0.6 is 0 Å². The molecule has 0 radical (unpaired) electrons. The molecule has 1 saturated heterocycles. The fourth-order valence-corrected chi connectivity index (χ4v) is 2.38. The maximum atomic E-state index is 12.2. The SMILES string of the molecule is CN(C(=O)CCC1CCCO1)c1ccc(C(N)=NO)cc1. The number of benzene rings is 1. The van der Waals surface area contributed by atoms with Gasteiger partial charge in [-0.1, -0.05) is 5.16 Å². The Morgan fingerprint density at radius 1 is 1.48 bits per heavy atom. The molecule has 6 heteroatoms. The van der Waals surface area contributed by atoms with E-state index < -0.39 is 0 Å². The summed E-state index contributed by atoms with van der Waals surface area (Å²) in [6.07, 6.45) is 3.61. The van der Waals surface area contributed by atoms with Gasteiger partial charge in [-0.2, -0.15) is 0 Å². The van der Waals surface area contributed by atoms with E-state index >= 15 is 0 Å². The normalized spacial score (nSPS) is 18.7. The van der Waals surface area contributed by atoms with Crippen molar-refractivity contribution < 1.29 is 14.7 Å². The molecule has 3 N–H and O–H groups in total. The van der Waals surface area contributed by atoms with Crippen LogP contribution in [-0.2, 0) is 9.53 Å². The third-order valence-corrected chi connectivity index (χ3v) is 3.74. The lowest BCUT2D eigenvalue weighted by atomic mass is 10.1. The standard InChI is InChI=1S/C15H21N3O3/c1-18(14(19)9-8-13-3-2-10-21-13)12-6-4-11(5-7-12)15(16)17-20/h4-7,13,20H,2-3,8-10H2,1H3,(H2,16,17). The number of hydrogen-bond donors (Lipinski definition) is 2. The average Bonchev–Trinajstić information content (AvgIpc) is 3.04. The van der Waals surface area contributed by atoms with E-state index in [4.69, 9.17) is 15.7 Å². The smallest absolute Gasteiger partial charge is 0.226 e. The minimum atomic E-state index is 0.0499. The predicted molar refractivity (Wildman–Crippen MR) is 80.6 cm³/mol. The number of nitrogens with zero attached hydrogens (tertiary/aromatic N) is 2. The highest BCUT2D eigenvalue weighted by Crippen LogP contribution is 2.19. The molecule has 0 aromatic heterocycles. The minimum Gasteiger partial charge on any atom is -0.409 e. The molecule has 2 rings (SSSR count). The van der Waals surface area contributed by atoms with Crippen molar-refractivity contribution in [1.82, 2.24) is 0 Å². The molecular weight excluding hydrogens is 270 g/mol. The summed E-state index contributed by atoms with van der Waals surface area (Å²) in [5.41, 5.74) is 6.90. The molecule has 6 nitrogen and oxygen atoms in total. The molecule has 114 valence electrons. The number of anilines is 1. The van der Waals surface area contributed by atoms with Gasteiger partial charge in [0.2, 0.25) is 5.91 Å². The van der Waals surface area contributed by atoms with Crippen LogP contribution in [0.1, 0.15) is 31.2 Å². The zero-order valence-corrected chi connectivity index (χ0v) is 12.2. The van der Waals surface area contributed by atoms with Crippen LogP contribution in [0.5, 0.6) is 0 Å². The molecule has 21 heavy (non-hydrogen) atoms. The molecule has 1 aliphatic heterocycles. The van der Waals surface area contributed by atoms with E-state index in [1.54, 1.807) is 36.2 Å². The molecule has 1 aromatic rings. The Labute approximate surface area is 124 Å². The van der Waals surface area contributed by atoms with E-state index in [0.29, 0.717) is 12.0 Å². The van der Waals surface area contributed by atoms with E-state index in [1.807, 2.05) is 0 Å². The second kappa shape index (κ2) is 7.08. The zero-order valence-electron chi connectivity index (χ0n) is 12.2. The Balaban J connectivity index is 1.92. The Morgan fingerprint density at radius 2 is 2.19 bits per heavy atom. The Kier molecular flexibility index (Phi) is 5.16. The fraction of sp³-hybridized carbons (Fsp3) is 0.467. The van der Waals surface area contributed by atoms with Gasteiger partial charge in [0.25, 0.3) is 0 Å². The molecule has 1 aliphatic rings. The van der Waals surface area contributed by atoms with Crippen molar-refractivity contribution in [1.29, 1.82) is 0 Å². The molecule has 1 heterocycles. The highest BCUT2D eigenvalue weighted by Gasteiger charge is 2.18. The number of amidine groups is 1. The van der Waals surface area contributed by atoms with Gasteiger partial charge < -0.3 is 20.6 Å². The topological polar surface area (TPSA) is 88.2 Å². The second-order valence-electron chi connectivity index (χ2n) is 5.16. The number of nitrogens with two attached hydrogens (primary N) is 1. The maximum Gasteiger partial charge on any atom is 0.226 e. The van der Waals surface area contributed by atoms with Gasteiger partial charge in [0.05, 0.1) is 6.10 Å². The lowest BCUT2D eigenvalue weighted by Crippen LogP contribution is -2.27. The van der Waals surface area contributed by atoms with Crippen molar-refractivity contribution in [2.24, 2.45) is 10.9 Å². The van der Waals surface area contributed by atoms with Crippen molar-refractivity contribution >= 4 is 17.4 Å². The molecule has 1 atom stereocenters. The molecule has 0 aliphatic carbocycles. The van der Waals surface area contributed by atoms with Crippen LogP contribution in [0.4, 0.5) is 5.69 Å².